The fourth-order valence-electron chi connectivity index (χ4n) is 1.63. The molecule has 94 valence electrons. The molecule has 0 spiro atoms. The predicted octanol–water partition coefficient (Wildman–Crippen LogP) is 2.08. The van der Waals surface area contributed by atoms with Crippen LogP contribution >= 0.6 is 0 Å². The highest BCUT2D eigenvalue weighted by atomic mass is 19.1. The lowest BCUT2D eigenvalue weighted by molar-refractivity contribution is -0.118. The van der Waals surface area contributed by atoms with Gasteiger partial charge in [-0.1, -0.05) is 17.7 Å². The first-order valence-corrected chi connectivity index (χ1v) is 5.69. The molecule has 17 heavy (non-hydrogen) atoms. The molecule has 0 radical (unpaired) electrons. The molecular weight excluding hydrogens is 221 g/mol. The van der Waals surface area contributed by atoms with E-state index in [0.29, 0.717) is 24.9 Å². The van der Waals surface area contributed by atoms with E-state index in [4.69, 9.17) is 0 Å². The fourth-order valence-corrected chi connectivity index (χ4v) is 1.63. The molecular formula is C13H18FNO2. The highest BCUT2D eigenvalue weighted by molar-refractivity contribution is 5.72. The number of carbonyl (C=O) groups excluding carboxylic acids is 1. The average molecular weight is 239 g/mol. The van der Waals surface area contributed by atoms with E-state index in [1.54, 1.807) is 12.1 Å². The first kappa shape index (κ1) is 13.6. The maximum Gasteiger partial charge on any atom is 0.216 e. The smallest absolute Gasteiger partial charge is 0.216 e. The molecule has 0 bridgehead atoms. The number of nitrogens with one attached hydrogen (secondary N) is 1. The van der Waals surface area contributed by atoms with Crippen molar-refractivity contribution in [2.75, 3.05) is 6.54 Å². The summed E-state index contributed by atoms with van der Waals surface area (Å²) in [6.07, 6.45) is 0.234. The summed E-state index contributed by atoms with van der Waals surface area (Å²) in [5.41, 5.74) is 1.25. The zero-order valence-corrected chi connectivity index (χ0v) is 10.2. The molecule has 2 N–H and O–H groups in total. The van der Waals surface area contributed by atoms with E-state index in [9.17, 15) is 14.3 Å². The Morgan fingerprint density at radius 1 is 1.53 bits per heavy atom. The van der Waals surface area contributed by atoms with Crippen molar-refractivity contribution in [3.8, 4) is 0 Å². The maximum absolute atomic E-state index is 13.4. The van der Waals surface area contributed by atoms with Crippen molar-refractivity contribution < 1.29 is 14.3 Å². The molecule has 0 aromatic heterocycles. The Labute approximate surface area is 101 Å². The molecule has 0 fully saturated rings. The van der Waals surface area contributed by atoms with E-state index >= 15 is 0 Å². The average Bonchev–Trinajstić information content (AvgIpc) is 2.27. The van der Waals surface area contributed by atoms with Gasteiger partial charge in [-0.05, 0) is 25.8 Å². The quantitative estimate of drug-likeness (QED) is 0.773. The van der Waals surface area contributed by atoms with Gasteiger partial charge in [0.05, 0.1) is 6.10 Å². The molecule has 1 aromatic rings. The SMILES string of the molecule is CC(=O)NCCCC(O)c1cc(C)ccc1F. The summed E-state index contributed by atoms with van der Waals surface area (Å²) in [6.45, 7) is 3.80. The molecule has 1 amide bonds. The first-order chi connectivity index (χ1) is 8.00. The van der Waals surface area contributed by atoms with Crippen molar-refractivity contribution in [3.63, 3.8) is 0 Å². The summed E-state index contributed by atoms with van der Waals surface area (Å²) in [4.78, 5) is 10.6. The van der Waals surface area contributed by atoms with Crippen LogP contribution in [0.2, 0.25) is 0 Å². The van der Waals surface area contributed by atoms with Crippen LogP contribution in [0.4, 0.5) is 4.39 Å². The maximum atomic E-state index is 13.4. The number of aliphatic hydroxyl groups excluding tert-OH is 1. The van der Waals surface area contributed by atoms with Crippen LogP contribution in [-0.2, 0) is 4.79 Å². The van der Waals surface area contributed by atoms with E-state index in [-0.39, 0.29) is 11.7 Å². The van der Waals surface area contributed by atoms with Gasteiger partial charge < -0.3 is 10.4 Å². The van der Waals surface area contributed by atoms with E-state index < -0.39 is 6.10 Å². The fraction of sp³-hybridized carbons (Fsp3) is 0.462. The van der Waals surface area contributed by atoms with Crippen LogP contribution < -0.4 is 5.32 Å². The van der Waals surface area contributed by atoms with E-state index in [2.05, 4.69) is 5.32 Å². The summed E-state index contributed by atoms with van der Waals surface area (Å²) >= 11 is 0. The minimum absolute atomic E-state index is 0.0961. The third-order valence-corrected chi connectivity index (χ3v) is 2.54. The van der Waals surface area contributed by atoms with Gasteiger partial charge in [0.1, 0.15) is 5.82 Å². The third-order valence-electron chi connectivity index (χ3n) is 2.54. The highest BCUT2D eigenvalue weighted by Crippen LogP contribution is 2.22. The van der Waals surface area contributed by atoms with Gasteiger partial charge in [0.15, 0.2) is 0 Å². The number of halogens is 1. The van der Waals surface area contributed by atoms with E-state index in [0.717, 1.165) is 5.56 Å². The summed E-state index contributed by atoms with van der Waals surface area (Å²) in [5.74, 6) is -0.483. The summed E-state index contributed by atoms with van der Waals surface area (Å²) in [6, 6.07) is 4.68. The number of hydrogen-bond donors (Lipinski definition) is 2. The second kappa shape index (κ2) is 6.35. The number of benzene rings is 1. The molecule has 0 aliphatic rings. The molecule has 1 atom stereocenters. The Hall–Kier alpha value is -1.42. The van der Waals surface area contributed by atoms with Crippen LogP contribution in [0, 0.1) is 12.7 Å². The molecule has 4 heteroatoms. The van der Waals surface area contributed by atoms with Crippen molar-refractivity contribution >= 4 is 5.91 Å². The Morgan fingerprint density at radius 3 is 2.88 bits per heavy atom. The van der Waals surface area contributed by atoms with Gasteiger partial charge in [-0.2, -0.15) is 0 Å². The second-order valence-corrected chi connectivity index (χ2v) is 4.17. The van der Waals surface area contributed by atoms with Crippen LogP contribution in [0.1, 0.15) is 37.0 Å². The zero-order valence-electron chi connectivity index (χ0n) is 10.2. The first-order valence-electron chi connectivity index (χ1n) is 5.69. The standard InChI is InChI=1S/C13H18FNO2/c1-9-5-6-12(14)11(8-9)13(17)4-3-7-15-10(2)16/h5-6,8,13,17H,3-4,7H2,1-2H3,(H,15,16). The van der Waals surface area contributed by atoms with Crippen LogP contribution in [0.5, 0.6) is 0 Å². The van der Waals surface area contributed by atoms with Crippen molar-refractivity contribution in [1.29, 1.82) is 0 Å². The molecule has 1 rings (SSSR count). The van der Waals surface area contributed by atoms with Crippen molar-refractivity contribution in [2.24, 2.45) is 0 Å². The Kier molecular flexibility index (Phi) is 5.10. The Morgan fingerprint density at radius 2 is 2.24 bits per heavy atom. The summed E-state index contributed by atoms with van der Waals surface area (Å²) in [5, 5.41) is 12.5. The Balaban J connectivity index is 2.49. The van der Waals surface area contributed by atoms with Gasteiger partial charge in [-0.25, -0.2) is 4.39 Å². The van der Waals surface area contributed by atoms with Gasteiger partial charge >= 0.3 is 0 Å². The van der Waals surface area contributed by atoms with Crippen LogP contribution in [0.15, 0.2) is 18.2 Å². The summed E-state index contributed by atoms with van der Waals surface area (Å²) in [7, 11) is 0. The van der Waals surface area contributed by atoms with Crippen LogP contribution in [0.25, 0.3) is 0 Å². The van der Waals surface area contributed by atoms with Crippen LogP contribution in [-0.4, -0.2) is 17.6 Å². The predicted molar refractivity (Wildman–Crippen MR) is 64.0 cm³/mol. The molecule has 0 heterocycles. The van der Waals surface area contributed by atoms with Gasteiger partial charge in [-0.15, -0.1) is 0 Å². The zero-order chi connectivity index (χ0) is 12.8. The lowest BCUT2D eigenvalue weighted by atomic mass is 10.0. The number of hydrogen-bond acceptors (Lipinski definition) is 2. The second-order valence-electron chi connectivity index (χ2n) is 4.17. The number of amides is 1. The minimum atomic E-state index is -0.816. The van der Waals surface area contributed by atoms with Crippen LogP contribution in [0.3, 0.4) is 0 Å². The number of aryl methyl sites for hydroxylation is 1. The molecule has 0 saturated heterocycles. The lowest BCUT2D eigenvalue weighted by Crippen LogP contribution is -2.21. The molecule has 1 unspecified atom stereocenters. The number of rotatable bonds is 5. The molecule has 0 saturated carbocycles. The van der Waals surface area contributed by atoms with E-state index in [1.807, 2.05) is 6.92 Å². The highest BCUT2D eigenvalue weighted by Gasteiger charge is 2.12. The molecule has 0 aliphatic carbocycles. The van der Waals surface area contributed by atoms with Crippen molar-refractivity contribution in [3.05, 3.63) is 35.1 Å². The topological polar surface area (TPSA) is 49.3 Å². The number of carbonyl (C=O) groups is 1. The van der Waals surface area contributed by atoms with Gasteiger partial charge in [-0.3, -0.25) is 4.79 Å². The molecule has 0 aliphatic heterocycles. The molecule has 1 aromatic carbocycles. The van der Waals surface area contributed by atoms with Crippen molar-refractivity contribution in [2.45, 2.75) is 32.8 Å². The van der Waals surface area contributed by atoms with E-state index in [1.165, 1.54) is 13.0 Å². The third kappa shape index (κ3) is 4.53. The number of aliphatic hydroxyl groups is 1. The lowest BCUT2D eigenvalue weighted by Gasteiger charge is -2.12. The van der Waals surface area contributed by atoms with Gasteiger partial charge in [0.25, 0.3) is 0 Å². The monoisotopic (exact) mass is 239 g/mol. The van der Waals surface area contributed by atoms with Crippen molar-refractivity contribution in [1.82, 2.24) is 5.32 Å². The largest absolute Gasteiger partial charge is 0.388 e. The molecule has 3 nitrogen and oxygen atoms in total. The van der Waals surface area contributed by atoms with Gasteiger partial charge in [0, 0.05) is 19.0 Å². The minimum Gasteiger partial charge on any atom is -0.388 e. The summed E-state index contributed by atoms with van der Waals surface area (Å²) < 4.78 is 13.4. The van der Waals surface area contributed by atoms with Gasteiger partial charge in [0.2, 0.25) is 5.91 Å². The normalized spacial score (nSPS) is 12.2. The Bertz CT molecular complexity index is 393.